The van der Waals surface area contributed by atoms with Gasteiger partial charge in [-0.2, -0.15) is 0 Å². The lowest BCUT2D eigenvalue weighted by molar-refractivity contribution is -0.142. The van der Waals surface area contributed by atoms with Gasteiger partial charge in [-0.05, 0) is 33.0 Å². The number of hydrogen-bond acceptors (Lipinski definition) is 8. The molecule has 1 unspecified atom stereocenters. The van der Waals surface area contributed by atoms with Gasteiger partial charge in [0.05, 0.1) is 13.2 Å². The first-order valence-corrected chi connectivity index (χ1v) is 9.30. The molecular formula is C20H31NO7. The van der Waals surface area contributed by atoms with E-state index in [9.17, 15) is 14.4 Å². The Balaban J connectivity index is 4.79. The zero-order chi connectivity index (χ0) is 21.4. The molecule has 8 nitrogen and oxygen atoms in total. The predicted molar refractivity (Wildman–Crippen MR) is 104 cm³/mol. The lowest BCUT2D eigenvalue weighted by atomic mass is 10.3. The van der Waals surface area contributed by atoms with Crippen molar-refractivity contribution in [2.45, 2.75) is 33.8 Å². The van der Waals surface area contributed by atoms with Crippen LogP contribution in [0.3, 0.4) is 0 Å². The van der Waals surface area contributed by atoms with Gasteiger partial charge < -0.3 is 23.8 Å². The minimum Gasteiger partial charge on any atom is -0.486 e. The Morgan fingerprint density at radius 3 is 1.75 bits per heavy atom. The molecule has 0 heterocycles. The van der Waals surface area contributed by atoms with Gasteiger partial charge >= 0.3 is 17.9 Å². The topological polar surface area (TPSA) is 91.4 Å². The fourth-order valence-electron chi connectivity index (χ4n) is 2.05. The molecule has 0 bridgehead atoms. The smallest absolute Gasteiger partial charge is 0.331 e. The van der Waals surface area contributed by atoms with Crippen LogP contribution >= 0.6 is 0 Å². The first-order valence-electron chi connectivity index (χ1n) is 9.30. The van der Waals surface area contributed by atoms with E-state index in [0.717, 1.165) is 25.2 Å². The second-order valence-electron chi connectivity index (χ2n) is 5.49. The van der Waals surface area contributed by atoms with Crippen LogP contribution < -0.4 is 0 Å². The molecule has 0 saturated heterocycles. The number of carbonyl (C=O) groups is 3. The van der Waals surface area contributed by atoms with Crippen molar-refractivity contribution in [1.82, 2.24) is 4.90 Å². The average molecular weight is 397 g/mol. The van der Waals surface area contributed by atoms with E-state index in [1.165, 1.54) is 12.2 Å². The van der Waals surface area contributed by atoms with E-state index < -0.39 is 24.0 Å². The number of esters is 3. The Labute approximate surface area is 166 Å². The summed E-state index contributed by atoms with van der Waals surface area (Å²) >= 11 is 0. The van der Waals surface area contributed by atoms with E-state index in [1.807, 2.05) is 13.8 Å². The number of hydrogen-bond donors (Lipinski definition) is 0. The third kappa shape index (κ3) is 12.7. The van der Waals surface area contributed by atoms with E-state index >= 15 is 0 Å². The predicted octanol–water partition coefficient (Wildman–Crippen LogP) is 2.01. The Hall–Kier alpha value is -2.61. The summed E-state index contributed by atoms with van der Waals surface area (Å²) in [6.45, 7) is 13.7. The molecule has 0 spiro atoms. The Kier molecular flexibility index (Phi) is 14.0. The molecule has 158 valence electrons. The van der Waals surface area contributed by atoms with Gasteiger partial charge in [-0.25, -0.2) is 14.4 Å². The van der Waals surface area contributed by atoms with E-state index in [4.69, 9.17) is 18.9 Å². The van der Waals surface area contributed by atoms with Crippen LogP contribution in [0.4, 0.5) is 0 Å². The summed E-state index contributed by atoms with van der Waals surface area (Å²) < 4.78 is 20.3. The zero-order valence-electron chi connectivity index (χ0n) is 17.1. The average Bonchev–Trinajstić information content (AvgIpc) is 2.67. The molecule has 0 N–H and O–H groups in total. The molecular weight excluding hydrogens is 366 g/mol. The van der Waals surface area contributed by atoms with E-state index in [2.05, 4.69) is 11.5 Å². The molecule has 0 aromatic rings. The third-order valence-electron chi connectivity index (χ3n) is 3.42. The number of nitrogens with zero attached hydrogens (tertiary/aromatic N) is 1. The monoisotopic (exact) mass is 397 g/mol. The quantitative estimate of drug-likeness (QED) is 0.145. The Bertz CT molecular complexity index is 565. The summed E-state index contributed by atoms with van der Waals surface area (Å²) in [7, 11) is 0. The number of carbonyl (C=O) groups excluding carboxylic acids is 3. The van der Waals surface area contributed by atoms with Gasteiger partial charge in [0.1, 0.15) is 18.5 Å². The van der Waals surface area contributed by atoms with E-state index in [0.29, 0.717) is 6.54 Å². The SMILES string of the molecule is C=C(/C=C/C(=O)OCC)OC(COC(=O)/C=C/C(=O)OCC)CN(CC)CC. The number of allylic oxidation sites excluding steroid dienone is 1. The van der Waals surface area contributed by atoms with Crippen molar-refractivity contribution >= 4 is 17.9 Å². The van der Waals surface area contributed by atoms with Gasteiger partial charge in [0.25, 0.3) is 0 Å². The molecule has 0 aliphatic heterocycles. The number of ether oxygens (including phenoxy) is 4. The van der Waals surface area contributed by atoms with Crippen molar-refractivity contribution in [2.24, 2.45) is 0 Å². The molecule has 0 rings (SSSR count). The van der Waals surface area contributed by atoms with Crippen LogP contribution in [0.2, 0.25) is 0 Å². The summed E-state index contributed by atoms with van der Waals surface area (Å²) in [6, 6.07) is 0. The highest BCUT2D eigenvalue weighted by atomic mass is 16.6. The molecule has 0 saturated carbocycles. The molecule has 8 heteroatoms. The van der Waals surface area contributed by atoms with Crippen LogP contribution in [0.15, 0.2) is 36.6 Å². The van der Waals surface area contributed by atoms with Gasteiger partial charge in [-0.3, -0.25) is 0 Å². The highest BCUT2D eigenvalue weighted by molar-refractivity contribution is 5.91. The van der Waals surface area contributed by atoms with E-state index in [1.54, 1.807) is 13.8 Å². The van der Waals surface area contributed by atoms with Crippen LogP contribution in [0.25, 0.3) is 0 Å². The normalized spacial score (nSPS) is 12.2. The maximum absolute atomic E-state index is 11.8. The molecule has 28 heavy (non-hydrogen) atoms. The van der Waals surface area contributed by atoms with Crippen molar-refractivity contribution in [3.8, 4) is 0 Å². The van der Waals surface area contributed by atoms with Crippen molar-refractivity contribution in [2.75, 3.05) is 39.5 Å². The molecule has 0 radical (unpaired) electrons. The van der Waals surface area contributed by atoms with Gasteiger partial charge in [-0.15, -0.1) is 0 Å². The highest BCUT2D eigenvalue weighted by Crippen LogP contribution is 2.07. The zero-order valence-corrected chi connectivity index (χ0v) is 17.1. The molecule has 0 amide bonds. The lowest BCUT2D eigenvalue weighted by Gasteiger charge is -2.25. The third-order valence-corrected chi connectivity index (χ3v) is 3.42. The molecule has 0 aliphatic rings. The van der Waals surface area contributed by atoms with Crippen molar-refractivity contribution in [3.63, 3.8) is 0 Å². The van der Waals surface area contributed by atoms with Gasteiger partial charge in [0.2, 0.25) is 0 Å². The second-order valence-corrected chi connectivity index (χ2v) is 5.49. The summed E-state index contributed by atoms with van der Waals surface area (Å²) in [4.78, 5) is 36.4. The number of rotatable bonds is 14. The van der Waals surface area contributed by atoms with Crippen molar-refractivity contribution < 1.29 is 33.3 Å². The number of likely N-dealkylation sites (N-methyl/N-ethyl adjacent to an activating group) is 1. The molecule has 0 aromatic heterocycles. The second kappa shape index (κ2) is 15.4. The fourth-order valence-corrected chi connectivity index (χ4v) is 2.05. The summed E-state index contributed by atoms with van der Waals surface area (Å²) in [5.41, 5.74) is 0. The van der Waals surface area contributed by atoms with Crippen molar-refractivity contribution in [3.05, 3.63) is 36.6 Å². The molecule has 1 atom stereocenters. The summed E-state index contributed by atoms with van der Waals surface area (Å²) in [5.74, 6) is -1.56. The minimum absolute atomic E-state index is 0.0469. The Morgan fingerprint density at radius 2 is 1.29 bits per heavy atom. The van der Waals surface area contributed by atoms with Crippen LogP contribution in [0.5, 0.6) is 0 Å². The minimum atomic E-state index is -0.686. The van der Waals surface area contributed by atoms with Gasteiger partial charge in [-0.1, -0.05) is 20.4 Å². The van der Waals surface area contributed by atoms with Crippen LogP contribution in [-0.4, -0.2) is 68.4 Å². The first-order chi connectivity index (χ1) is 13.4. The van der Waals surface area contributed by atoms with Crippen LogP contribution in [-0.2, 0) is 33.3 Å². The van der Waals surface area contributed by atoms with Gasteiger partial charge in [0, 0.05) is 24.8 Å². The highest BCUT2D eigenvalue weighted by Gasteiger charge is 2.16. The largest absolute Gasteiger partial charge is 0.486 e. The fraction of sp³-hybridized carbons (Fsp3) is 0.550. The maximum atomic E-state index is 11.8. The first kappa shape index (κ1) is 25.4. The summed E-state index contributed by atoms with van der Waals surface area (Å²) in [5, 5.41) is 0. The van der Waals surface area contributed by atoms with Crippen LogP contribution in [0.1, 0.15) is 27.7 Å². The summed E-state index contributed by atoms with van der Waals surface area (Å²) in [6.07, 6.45) is 4.12. The van der Waals surface area contributed by atoms with Crippen molar-refractivity contribution in [1.29, 1.82) is 0 Å². The van der Waals surface area contributed by atoms with E-state index in [-0.39, 0.29) is 25.6 Å². The molecule has 0 fully saturated rings. The lowest BCUT2D eigenvalue weighted by Crippen LogP contribution is -2.36. The van der Waals surface area contributed by atoms with Crippen LogP contribution in [0, 0.1) is 0 Å². The molecule has 0 aromatic carbocycles. The van der Waals surface area contributed by atoms with Gasteiger partial charge in [0.15, 0.2) is 0 Å². The standard InChI is InChI=1S/C20H31NO7/c1-6-21(7-2)14-17(28-16(5)10-11-18(22)25-8-3)15-27-20(24)13-12-19(23)26-9-4/h10-13,17H,5-9,14-15H2,1-4H3/b11-10+,13-12+. The maximum Gasteiger partial charge on any atom is 0.331 e. The Morgan fingerprint density at radius 1 is 0.821 bits per heavy atom. The molecule has 0 aliphatic carbocycles.